The average Bonchev–Trinajstić information content (AvgIpc) is 2.95. The number of nitriles is 2. The van der Waals surface area contributed by atoms with E-state index in [1.54, 1.807) is 0 Å². The Morgan fingerprint density at radius 1 is 1.00 bits per heavy atom. The van der Waals surface area contributed by atoms with Gasteiger partial charge in [-0.05, 0) is 24.8 Å². The Hall–Kier alpha value is -2.13. The summed E-state index contributed by atoms with van der Waals surface area (Å²) in [5, 5.41) is 19.3. The molecular formula is C19H21N3. The van der Waals surface area contributed by atoms with Crippen LogP contribution in [0.25, 0.3) is 0 Å². The van der Waals surface area contributed by atoms with Crippen molar-refractivity contribution in [1.29, 1.82) is 10.5 Å². The van der Waals surface area contributed by atoms with Gasteiger partial charge in [0.2, 0.25) is 0 Å². The van der Waals surface area contributed by atoms with E-state index in [0.717, 1.165) is 30.5 Å². The molecule has 1 aromatic rings. The molecule has 3 nitrogen and oxygen atoms in total. The monoisotopic (exact) mass is 291 g/mol. The van der Waals surface area contributed by atoms with E-state index >= 15 is 0 Å². The second-order valence-electron chi connectivity index (χ2n) is 6.53. The fourth-order valence-corrected chi connectivity index (χ4v) is 3.84. The Morgan fingerprint density at radius 2 is 1.68 bits per heavy atom. The molecule has 0 amide bonds. The zero-order chi connectivity index (χ0) is 15.4. The van der Waals surface area contributed by atoms with Crippen LogP contribution >= 0.6 is 0 Å². The van der Waals surface area contributed by atoms with E-state index in [2.05, 4.69) is 12.1 Å². The third-order valence-corrected chi connectivity index (χ3v) is 5.06. The van der Waals surface area contributed by atoms with Crippen molar-refractivity contribution in [1.82, 2.24) is 0 Å². The first-order chi connectivity index (χ1) is 10.8. The summed E-state index contributed by atoms with van der Waals surface area (Å²) in [6.45, 7) is 0. The van der Waals surface area contributed by atoms with Crippen LogP contribution in [-0.4, -0.2) is 11.8 Å². The Morgan fingerprint density at radius 3 is 2.32 bits per heavy atom. The third kappa shape index (κ3) is 2.77. The molecule has 0 saturated heterocycles. The minimum atomic E-state index is -0.950. The fourth-order valence-electron chi connectivity index (χ4n) is 3.84. The molecule has 0 heterocycles. The Labute approximate surface area is 132 Å². The number of benzene rings is 1. The maximum absolute atomic E-state index is 9.64. The number of nitrogens with zero attached hydrogens (tertiary/aromatic N) is 3. The summed E-state index contributed by atoms with van der Waals surface area (Å²) in [4.78, 5) is 4.92. The molecule has 0 radical (unpaired) electrons. The molecule has 3 heteroatoms. The zero-order valence-corrected chi connectivity index (χ0v) is 12.8. The SMILES string of the molecule is N#CC1(C#N)CC(=NC2CCCCC2)CC1c1ccccc1. The van der Waals surface area contributed by atoms with E-state index in [4.69, 9.17) is 4.99 Å². The van der Waals surface area contributed by atoms with Crippen molar-refractivity contribution in [2.75, 3.05) is 0 Å². The van der Waals surface area contributed by atoms with Gasteiger partial charge in [-0.2, -0.15) is 10.5 Å². The van der Waals surface area contributed by atoms with Crippen LogP contribution in [0.1, 0.15) is 56.4 Å². The van der Waals surface area contributed by atoms with Gasteiger partial charge in [-0.1, -0.05) is 49.6 Å². The first-order valence-electron chi connectivity index (χ1n) is 8.20. The molecule has 1 aromatic carbocycles. The third-order valence-electron chi connectivity index (χ3n) is 5.06. The van der Waals surface area contributed by atoms with E-state index in [1.807, 2.05) is 30.3 Å². The van der Waals surface area contributed by atoms with E-state index < -0.39 is 5.41 Å². The van der Waals surface area contributed by atoms with E-state index in [-0.39, 0.29) is 5.92 Å². The van der Waals surface area contributed by atoms with Gasteiger partial charge in [0.15, 0.2) is 5.41 Å². The van der Waals surface area contributed by atoms with Crippen LogP contribution < -0.4 is 0 Å². The van der Waals surface area contributed by atoms with Crippen LogP contribution in [0, 0.1) is 28.1 Å². The quantitative estimate of drug-likeness (QED) is 0.812. The molecule has 0 aromatic heterocycles. The van der Waals surface area contributed by atoms with Gasteiger partial charge in [0.25, 0.3) is 0 Å². The summed E-state index contributed by atoms with van der Waals surface area (Å²) >= 11 is 0. The maximum Gasteiger partial charge on any atom is 0.156 e. The summed E-state index contributed by atoms with van der Waals surface area (Å²) in [5.41, 5.74) is 1.21. The van der Waals surface area contributed by atoms with Gasteiger partial charge in [-0.15, -0.1) is 0 Å². The summed E-state index contributed by atoms with van der Waals surface area (Å²) in [7, 11) is 0. The van der Waals surface area contributed by atoms with Crippen molar-refractivity contribution in [3.05, 3.63) is 35.9 Å². The molecule has 112 valence electrons. The largest absolute Gasteiger partial charge is 0.291 e. The number of hydrogen-bond acceptors (Lipinski definition) is 3. The van der Waals surface area contributed by atoms with Crippen molar-refractivity contribution in [3.63, 3.8) is 0 Å². The van der Waals surface area contributed by atoms with Gasteiger partial charge < -0.3 is 0 Å². The van der Waals surface area contributed by atoms with Crippen LogP contribution in [0.5, 0.6) is 0 Å². The predicted octanol–water partition coefficient (Wildman–Crippen LogP) is 4.37. The maximum atomic E-state index is 9.64. The smallest absolute Gasteiger partial charge is 0.156 e. The van der Waals surface area contributed by atoms with Crippen LogP contribution in [-0.2, 0) is 0 Å². The highest BCUT2D eigenvalue weighted by Crippen LogP contribution is 2.47. The molecule has 1 atom stereocenters. The van der Waals surface area contributed by atoms with Gasteiger partial charge in [-0.3, -0.25) is 4.99 Å². The second-order valence-corrected chi connectivity index (χ2v) is 6.53. The lowest BCUT2D eigenvalue weighted by Crippen LogP contribution is -2.20. The molecule has 2 fully saturated rings. The highest BCUT2D eigenvalue weighted by Gasteiger charge is 2.47. The topological polar surface area (TPSA) is 59.9 Å². The summed E-state index contributed by atoms with van der Waals surface area (Å²) in [6.07, 6.45) is 7.40. The average molecular weight is 291 g/mol. The molecule has 22 heavy (non-hydrogen) atoms. The molecule has 0 spiro atoms. The summed E-state index contributed by atoms with van der Waals surface area (Å²) < 4.78 is 0. The number of aliphatic imine (C=N–C) groups is 1. The Kier molecular flexibility index (Phi) is 4.25. The summed E-state index contributed by atoms with van der Waals surface area (Å²) in [5.74, 6) is -0.0500. The second kappa shape index (κ2) is 6.32. The predicted molar refractivity (Wildman–Crippen MR) is 86.4 cm³/mol. The first-order valence-corrected chi connectivity index (χ1v) is 8.20. The zero-order valence-electron chi connectivity index (χ0n) is 12.8. The molecule has 2 aliphatic carbocycles. The standard InChI is InChI=1S/C19H21N3/c20-13-19(14-21)12-17(22-16-9-5-2-6-10-16)11-18(19)15-7-3-1-4-8-15/h1,3-4,7-8,16,18H,2,5-6,9-12H2. The Balaban J connectivity index is 1.88. The number of rotatable bonds is 2. The van der Waals surface area contributed by atoms with Crippen LogP contribution in [0.4, 0.5) is 0 Å². The first kappa shape index (κ1) is 14.8. The van der Waals surface area contributed by atoms with E-state index in [9.17, 15) is 10.5 Å². The van der Waals surface area contributed by atoms with E-state index in [1.165, 1.54) is 19.3 Å². The summed E-state index contributed by atoms with van der Waals surface area (Å²) in [6, 6.07) is 15.0. The van der Waals surface area contributed by atoms with Gasteiger partial charge in [0, 0.05) is 24.1 Å². The van der Waals surface area contributed by atoms with Crippen molar-refractivity contribution < 1.29 is 0 Å². The molecule has 2 aliphatic rings. The fraction of sp³-hybridized carbons (Fsp3) is 0.526. The molecule has 3 rings (SSSR count). The lowest BCUT2D eigenvalue weighted by molar-refractivity contribution is 0.442. The van der Waals surface area contributed by atoms with Crippen LogP contribution in [0.2, 0.25) is 0 Å². The number of hydrogen-bond donors (Lipinski definition) is 0. The van der Waals surface area contributed by atoms with Gasteiger partial charge in [-0.25, -0.2) is 0 Å². The minimum Gasteiger partial charge on any atom is -0.291 e. The Bertz CT molecular complexity index is 613. The molecule has 0 bridgehead atoms. The lowest BCUT2D eigenvalue weighted by Gasteiger charge is -2.20. The van der Waals surface area contributed by atoms with Gasteiger partial charge >= 0.3 is 0 Å². The van der Waals surface area contributed by atoms with Crippen LogP contribution in [0.3, 0.4) is 0 Å². The molecule has 0 N–H and O–H groups in total. The van der Waals surface area contributed by atoms with Crippen molar-refractivity contribution >= 4 is 5.71 Å². The van der Waals surface area contributed by atoms with E-state index in [0.29, 0.717) is 12.5 Å². The molecule has 1 unspecified atom stereocenters. The molecular weight excluding hydrogens is 270 g/mol. The highest BCUT2D eigenvalue weighted by atomic mass is 14.8. The van der Waals surface area contributed by atoms with Gasteiger partial charge in [0.05, 0.1) is 12.1 Å². The van der Waals surface area contributed by atoms with Crippen molar-refractivity contribution in [2.24, 2.45) is 10.4 Å². The molecule has 2 saturated carbocycles. The van der Waals surface area contributed by atoms with Crippen LogP contribution in [0.15, 0.2) is 35.3 Å². The van der Waals surface area contributed by atoms with Crippen molar-refractivity contribution in [2.45, 2.75) is 56.9 Å². The normalized spacial score (nSPS) is 26.5. The highest BCUT2D eigenvalue weighted by molar-refractivity contribution is 5.90. The lowest BCUT2D eigenvalue weighted by atomic mass is 9.77. The van der Waals surface area contributed by atoms with Gasteiger partial charge in [0.1, 0.15) is 0 Å². The minimum absolute atomic E-state index is 0.0500. The molecule has 0 aliphatic heterocycles. The van der Waals surface area contributed by atoms with Crippen molar-refractivity contribution in [3.8, 4) is 12.1 Å².